The van der Waals surface area contributed by atoms with E-state index in [1.54, 1.807) is 6.92 Å². The van der Waals surface area contributed by atoms with Gasteiger partial charge in [0.15, 0.2) is 15.6 Å². The Morgan fingerprint density at radius 2 is 1.96 bits per heavy atom. The van der Waals surface area contributed by atoms with Crippen LogP contribution in [0.3, 0.4) is 0 Å². The summed E-state index contributed by atoms with van der Waals surface area (Å²) in [4.78, 5) is 13.0. The smallest absolute Gasteiger partial charge is 0.195 e. The van der Waals surface area contributed by atoms with Gasteiger partial charge in [-0.3, -0.25) is 9.48 Å². The molecule has 0 atom stereocenters. The van der Waals surface area contributed by atoms with Gasteiger partial charge in [-0.05, 0) is 36.1 Å². The summed E-state index contributed by atoms with van der Waals surface area (Å²) in [6.07, 6.45) is 1.25. The fourth-order valence-corrected chi connectivity index (χ4v) is 5.65. The van der Waals surface area contributed by atoms with E-state index in [9.17, 15) is 18.3 Å². The third-order valence-electron chi connectivity index (χ3n) is 4.36. The number of nitrogens with zero attached hydrogens (tertiary/aromatic N) is 2. The third-order valence-corrected chi connectivity index (χ3v) is 6.48. The van der Waals surface area contributed by atoms with Gasteiger partial charge in [0.25, 0.3) is 0 Å². The molecule has 0 spiro atoms. The van der Waals surface area contributed by atoms with Crippen molar-refractivity contribution in [3.05, 3.63) is 40.6 Å². The monoisotopic (exact) mass is 333 g/mol. The first-order valence-corrected chi connectivity index (χ1v) is 8.82. The van der Waals surface area contributed by atoms with E-state index >= 15 is 0 Å². The lowest BCUT2D eigenvalue weighted by Gasteiger charge is -2.21. The zero-order valence-electron chi connectivity index (χ0n) is 13.4. The summed E-state index contributed by atoms with van der Waals surface area (Å²) >= 11 is 0. The van der Waals surface area contributed by atoms with Crippen LogP contribution in [0.5, 0.6) is 5.88 Å². The molecule has 122 valence electrons. The van der Waals surface area contributed by atoms with E-state index < -0.39 is 26.9 Å². The second kappa shape index (κ2) is 4.67. The SMILES string of the molecule is Cc1c(C(=O)c2cnn(C)c2[O-])ccc2c1C(C)(C)CS2(=O)=O. The molecule has 0 saturated heterocycles. The van der Waals surface area contributed by atoms with Crippen molar-refractivity contribution < 1.29 is 18.3 Å². The second-order valence-electron chi connectivity index (χ2n) is 6.57. The first-order chi connectivity index (χ1) is 10.6. The zero-order valence-corrected chi connectivity index (χ0v) is 14.2. The molecule has 1 aromatic carbocycles. The number of sulfone groups is 1. The number of aromatic nitrogens is 2. The number of carbonyl (C=O) groups excluding carboxylic acids is 1. The lowest BCUT2D eigenvalue weighted by molar-refractivity contribution is -0.279. The van der Waals surface area contributed by atoms with E-state index in [-0.39, 0.29) is 16.2 Å². The van der Waals surface area contributed by atoms with Crippen molar-refractivity contribution in [3.8, 4) is 5.88 Å². The highest BCUT2D eigenvalue weighted by molar-refractivity contribution is 7.91. The highest BCUT2D eigenvalue weighted by Gasteiger charge is 2.42. The lowest BCUT2D eigenvalue weighted by Crippen LogP contribution is -2.21. The molecule has 0 saturated carbocycles. The average Bonchev–Trinajstić information content (AvgIpc) is 2.85. The first kappa shape index (κ1) is 15.7. The van der Waals surface area contributed by atoms with Crippen LogP contribution in [0, 0.1) is 6.92 Å². The quantitative estimate of drug-likeness (QED) is 0.767. The molecule has 6 nitrogen and oxygen atoms in total. The number of fused-ring (bicyclic) bond motifs is 1. The maximum Gasteiger partial charge on any atom is 0.195 e. The summed E-state index contributed by atoms with van der Waals surface area (Å²) < 4.78 is 25.7. The minimum atomic E-state index is -3.34. The maximum absolute atomic E-state index is 12.7. The van der Waals surface area contributed by atoms with E-state index in [1.807, 2.05) is 13.8 Å². The van der Waals surface area contributed by atoms with Crippen molar-refractivity contribution in [2.45, 2.75) is 31.1 Å². The van der Waals surface area contributed by atoms with Crippen LogP contribution in [0.15, 0.2) is 23.2 Å². The van der Waals surface area contributed by atoms with Crippen molar-refractivity contribution in [2.75, 3.05) is 5.75 Å². The molecule has 2 heterocycles. The predicted molar refractivity (Wildman–Crippen MR) is 82.3 cm³/mol. The Hall–Kier alpha value is -2.15. The topological polar surface area (TPSA) is 92.1 Å². The van der Waals surface area contributed by atoms with Crippen molar-refractivity contribution in [1.29, 1.82) is 0 Å². The Morgan fingerprint density at radius 1 is 1.30 bits per heavy atom. The van der Waals surface area contributed by atoms with E-state index in [2.05, 4.69) is 5.10 Å². The van der Waals surface area contributed by atoms with Gasteiger partial charge in [0.1, 0.15) is 0 Å². The molecule has 0 amide bonds. The molecule has 1 aliphatic rings. The fourth-order valence-electron chi connectivity index (χ4n) is 3.39. The van der Waals surface area contributed by atoms with Gasteiger partial charge in [-0.25, -0.2) is 8.42 Å². The molecule has 0 radical (unpaired) electrons. The first-order valence-electron chi connectivity index (χ1n) is 7.17. The van der Waals surface area contributed by atoms with Crippen molar-refractivity contribution >= 4 is 15.6 Å². The normalized spacial score (nSPS) is 17.9. The van der Waals surface area contributed by atoms with Crippen LogP contribution in [-0.2, 0) is 22.3 Å². The van der Waals surface area contributed by atoms with Crippen molar-refractivity contribution in [1.82, 2.24) is 9.78 Å². The summed E-state index contributed by atoms with van der Waals surface area (Å²) in [5.74, 6) is -0.863. The molecular weight excluding hydrogens is 316 g/mol. The number of hydrogen-bond acceptors (Lipinski definition) is 5. The van der Waals surface area contributed by atoms with Gasteiger partial charge in [-0.2, -0.15) is 5.10 Å². The molecular formula is C16H17N2O4S-. The van der Waals surface area contributed by atoms with E-state index in [0.717, 1.165) is 4.68 Å². The molecule has 0 fully saturated rings. The minimum absolute atomic E-state index is 0.00536. The van der Waals surface area contributed by atoms with Gasteiger partial charge in [-0.15, -0.1) is 0 Å². The Morgan fingerprint density at radius 3 is 2.52 bits per heavy atom. The van der Waals surface area contributed by atoms with Gasteiger partial charge in [0.05, 0.1) is 22.4 Å². The van der Waals surface area contributed by atoms with Gasteiger partial charge in [-0.1, -0.05) is 13.8 Å². The lowest BCUT2D eigenvalue weighted by atomic mass is 9.81. The Balaban J connectivity index is 2.22. The predicted octanol–water partition coefficient (Wildman–Crippen LogP) is 1.10. The molecule has 0 N–H and O–H groups in total. The average molecular weight is 333 g/mol. The molecule has 3 rings (SSSR count). The molecule has 1 aromatic heterocycles. The summed E-state index contributed by atoms with van der Waals surface area (Å²) in [6, 6.07) is 2.96. The maximum atomic E-state index is 12.7. The highest BCUT2D eigenvalue weighted by atomic mass is 32.2. The van der Waals surface area contributed by atoms with Crippen LogP contribution in [0.2, 0.25) is 0 Å². The van der Waals surface area contributed by atoms with Crippen LogP contribution in [0.4, 0.5) is 0 Å². The van der Waals surface area contributed by atoms with Crippen molar-refractivity contribution in [3.63, 3.8) is 0 Å². The molecule has 2 aromatic rings. The Labute approximate surface area is 134 Å². The summed E-state index contributed by atoms with van der Waals surface area (Å²) in [6.45, 7) is 5.43. The van der Waals surface area contributed by atoms with Gasteiger partial charge in [0.2, 0.25) is 0 Å². The minimum Gasteiger partial charge on any atom is -0.858 e. The number of hydrogen-bond donors (Lipinski definition) is 0. The number of rotatable bonds is 2. The zero-order chi connectivity index (χ0) is 17.2. The van der Waals surface area contributed by atoms with Gasteiger partial charge in [0, 0.05) is 18.0 Å². The molecule has 0 unspecified atom stereocenters. The largest absolute Gasteiger partial charge is 0.858 e. The molecule has 1 aliphatic heterocycles. The van der Waals surface area contributed by atoms with Crippen molar-refractivity contribution in [2.24, 2.45) is 7.05 Å². The molecule has 0 aliphatic carbocycles. The third kappa shape index (κ3) is 2.18. The van der Waals surface area contributed by atoms with Crippen LogP contribution in [0.25, 0.3) is 0 Å². The molecule has 0 bridgehead atoms. The molecule has 23 heavy (non-hydrogen) atoms. The number of carbonyl (C=O) groups is 1. The summed E-state index contributed by atoms with van der Waals surface area (Å²) in [7, 11) is -1.86. The standard InChI is InChI=1S/C16H18N2O4S/c1-9-10(14(19)11-7-17-18(4)15(11)20)5-6-12-13(9)16(2,3)8-23(12,21)22/h5-7,20H,8H2,1-4H3/p-1. The second-order valence-corrected chi connectivity index (χ2v) is 8.53. The van der Waals surface area contributed by atoms with E-state index in [1.165, 1.54) is 25.4 Å². The number of benzene rings is 1. The fraction of sp³-hybridized carbons (Fsp3) is 0.375. The number of aryl methyl sites for hydroxylation is 1. The summed E-state index contributed by atoms with van der Waals surface area (Å²) in [5.41, 5.74) is 1.05. The van der Waals surface area contributed by atoms with E-state index in [0.29, 0.717) is 16.7 Å². The molecule has 7 heteroatoms. The van der Waals surface area contributed by atoms with Gasteiger partial charge < -0.3 is 5.11 Å². The Bertz CT molecular complexity index is 939. The number of ketones is 1. The van der Waals surface area contributed by atoms with E-state index in [4.69, 9.17) is 0 Å². The van der Waals surface area contributed by atoms with Crippen LogP contribution >= 0.6 is 0 Å². The van der Waals surface area contributed by atoms with Crippen LogP contribution < -0.4 is 5.11 Å². The highest BCUT2D eigenvalue weighted by Crippen LogP contribution is 2.42. The Kier molecular flexibility index (Phi) is 3.20. The summed E-state index contributed by atoms with van der Waals surface area (Å²) in [5, 5.41) is 15.7. The van der Waals surface area contributed by atoms with Crippen LogP contribution in [-0.4, -0.2) is 29.7 Å². The van der Waals surface area contributed by atoms with Crippen LogP contribution in [0.1, 0.15) is 40.9 Å². The van der Waals surface area contributed by atoms with Gasteiger partial charge >= 0.3 is 0 Å².